The molecule has 0 unspecified atom stereocenters. The molecule has 118 valence electrons. The maximum Gasteiger partial charge on any atom is 0.287 e. The first kappa shape index (κ1) is 16.2. The van der Waals surface area contributed by atoms with Crippen LogP contribution in [0.3, 0.4) is 0 Å². The number of nitrogens with zero attached hydrogens (tertiary/aromatic N) is 1. The molecule has 0 saturated heterocycles. The van der Waals surface area contributed by atoms with Gasteiger partial charge in [-0.15, -0.1) is 0 Å². The molecule has 1 amide bonds. The Kier molecular flexibility index (Phi) is 4.98. The first-order chi connectivity index (χ1) is 10.4. The molecule has 0 saturated carbocycles. The van der Waals surface area contributed by atoms with Crippen LogP contribution < -0.4 is 10.7 Å². The van der Waals surface area contributed by atoms with Crippen LogP contribution in [0.25, 0.3) is 11.0 Å². The standard InChI is InChI=1S/C17H22N2O3/c1-11-8-13-14(20)10-16(22-15(13)9-12(11)2)17(21)18-6-5-7-19(3)4/h8-10H,5-7H2,1-4H3,(H,18,21). The number of carbonyl (C=O) groups is 1. The number of nitrogens with one attached hydrogen (secondary N) is 1. The zero-order valence-electron chi connectivity index (χ0n) is 13.5. The summed E-state index contributed by atoms with van der Waals surface area (Å²) in [6.07, 6.45) is 0.842. The van der Waals surface area contributed by atoms with Crippen LogP contribution in [0.1, 0.15) is 28.1 Å². The minimum Gasteiger partial charge on any atom is -0.451 e. The molecule has 0 aliphatic rings. The van der Waals surface area contributed by atoms with E-state index in [1.54, 1.807) is 12.1 Å². The molecular weight excluding hydrogens is 280 g/mol. The van der Waals surface area contributed by atoms with E-state index in [9.17, 15) is 9.59 Å². The maximum atomic E-state index is 12.1. The third-order valence-corrected chi connectivity index (χ3v) is 3.63. The van der Waals surface area contributed by atoms with Gasteiger partial charge in [-0.1, -0.05) is 0 Å². The number of amides is 1. The second-order valence-electron chi connectivity index (χ2n) is 5.82. The number of aryl methyl sites for hydroxylation is 2. The fourth-order valence-electron chi connectivity index (χ4n) is 2.21. The summed E-state index contributed by atoms with van der Waals surface area (Å²) in [4.78, 5) is 26.3. The molecule has 0 bridgehead atoms. The summed E-state index contributed by atoms with van der Waals surface area (Å²) in [6.45, 7) is 5.33. The van der Waals surface area contributed by atoms with Gasteiger partial charge < -0.3 is 14.6 Å². The monoisotopic (exact) mass is 302 g/mol. The van der Waals surface area contributed by atoms with Crippen LogP contribution in [0.2, 0.25) is 0 Å². The fourth-order valence-corrected chi connectivity index (χ4v) is 2.21. The van der Waals surface area contributed by atoms with Gasteiger partial charge in [-0.3, -0.25) is 9.59 Å². The molecule has 0 fully saturated rings. The summed E-state index contributed by atoms with van der Waals surface area (Å²) in [5, 5.41) is 3.28. The molecular formula is C17H22N2O3. The van der Waals surface area contributed by atoms with Gasteiger partial charge in [0, 0.05) is 12.6 Å². The maximum absolute atomic E-state index is 12.1. The Labute approximate surface area is 129 Å². The summed E-state index contributed by atoms with van der Waals surface area (Å²) < 4.78 is 5.60. The third kappa shape index (κ3) is 3.74. The van der Waals surface area contributed by atoms with E-state index in [4.69, 9.17) is 4.42 Å². The molecule has 2 rings (SSSR count). The van der Waals surface area contributed by atoms with Crippen molar-refractivity contribution in [1.29, 1.82) is 0 Å². The van der Waals surface area contributed by atoms with Crippen LogP contribution in [-0.4, -0.2) is 38.0 Å². The molecule has 0 radical (unpaired) electrons. The number of benzene rings is 1. The highest BCUT2D eigenvalue weighted by molar-refractivity contribution is 5.93. The Hall–Kier alpha value is -2.14. The Bertz CT molecular complexity index is 747. The number of hydrogen-bond acceptors (Lipinski definition) is 4. The van der Waals surface area contributed by atoms with Crippen molar-refractivity contribution in [2.75, 3.05) is 27.2 Å². The SMILES string of the molecule is Cc1cc2oc(C(=O)NCCCN(C)C)cc(=O)c2cc1C. The van der Waals surface area contributed by atoms with E-state index in [0.717, 1.165) is 24.1 Å². The van der Waals surface area contributed by atoms with Gasteiger partial charge in [-0.2, -0.15) is 0 Å². The smallest absolute Gasteiger partial charge is 0.287 e. The third-order valence-electron chi connectivity index (χ3n) is 3.63. The zero-order valence-corrected chi connectivity index (χ0v) is 13.5. The van der Waals surface area contributed by atoms with E-state index in [1.807, 2.05) is 32.8 Å². The second kappa shape index (κ2) is 6.75. The minimum atomic E-state index is -0.351. The molecule has 1 heterocycles. The highest BCUT2D eigenvalue weighted by Crippen LogP contribution is 2.17. The molecule has 1 aromatic carbocycles. The van der Waals surface area contributed by atoms with E-state index in [-0.39, 0.29) is 17.1 Å². The van der Waals surface area contributed by atoms with Crippen LogP contribution in [0.4, 0.5) is 0 Å². The van der Waals surface area contributed by atoms with E-state index in [2.05, 4.69) is 5.32 Å². The number of hydrogen-bond donors (Lipinski definition) is 1. The molecule has 1 aromatic heterocycles. The highest BCUT2D eigenvalue weighted by Gasteiger charge is 2.12. The Morgan fingerprint density at radius 2 is 1.86 bits per heavy atom. The Balaban J connectivity index is 2.20. The summed E-state index contributed by atoms with van der Waals surface area (Å²) in [5.74, 6) is -0.290. The van der Waals surface area contributed by atoms with Crippen molar-refractivity contribution in [3.05, 3.63) is 45.3 Å². The topological polar surface area (TPSA) is 62.6 Å². The molecule has 5 nitrogen and oxygen atoms in total. The van der Waals surface area contributed by atoms with Gasteiger partial charge in [-0.25, -0.2) is 0 Å². The van der Waals surface area contributed by atoms with Crippen LogP contribution in [0, 0.1) is 13.8 Å². The van der Waals surface area contributed by atoms with Crippen molar-refractivity contribution < 1.29 is 9.21 Å². The summed E-state index contributed by atoms with van der Waals surface area (Å²) >= 11 is 0. The van der Waals surface area contributed by atoms with Gasteiger partial charge in [0.25, 0.3) is 5.91 Å². The molecule has 2 aromatic rings. The van der Waals surface area contributed by atoms with Crippen LogP contribution >= 0.6 is 0 Å². The van der Waals surface area contributed by atoms with E-state index >= 15 is 0 Å². The van der Waals surface area contributed by atoms with Gasteiger partial charge in [-0.05, 0) is 64.2 Å². The van der Waals surface area contributed by atoms with Crippen molar-refractivity contribution in [1.82, 2.24) is 10.2 Å². The van der Waals surface area contributed by atoms with Gasteiger partial charge in [0.15, 0.2) is 11.2 Å². The Morgan fingerprint density at radius 1 is 1.18 bits per heavy atom. The lowest BCUT2D eigenvalue weighted by Gasteiger charge is -2.10. The van der Waals surface area contributed by atoms with Gasteiger partial charge >= 0.3 is 0 Å². The molecule has 5 heteroatoms. The summed E-state index contributed by atoms with van der Waals surface area (Å²) in [6, 6.07) is 4.86. The van der Waals surface area contributed by atoms with Crippen LogP contribution in [0.15, 0.2) is 27.4 Å². The first-order valence-corrected chi connectivity index (χ1v) is 7.36. The predicted octanol–water partition coefficient (Wildman–Crippen LogP) is 2.09. The molecule has 0 atom stereocenters. The number of rotatable bonds is 5. The minimum absolute atomic E-state index is 0.0607. The van der Waals surface area contributed by atoms with Gasteiger partial charge in [0.2, 0.25) is 0 Å². The quantitative estimate of drug-likeness (QED) is 0.859. The lowest BCUT2D eigenvalue weighted by Crippen LogP contribution is -2.27. The van der Waals surface area contributed by atoms with Crippen LogP contribution in [-0.2, 0) is 0 Å². The number of carbonyl (C=O) groups excluding carboxylic acids is 1. The fraction of sp³-hybridized carbons (Fsp3) is 0.412. The summed E-state index contributed by atoms with van der Waals surface area (Å²) in [7, 11) is 3.96. The predicted molar refractivity (Wildman–Crippen MR) is 87.5 cm³/mol. The largest absolute Gasteiger partial charge is 0.451 e. The zero-order chi connectivity index (χ0) is 16.3. The Morgan fingerprint density at radius 3 is 2.55 bits per heavy atom. The highest BCUT2D eigenvalue weighted by atomic mass is 16.3. The van der Waals surface area contributed by atoms with Crippen molar-refractivity contribution in [3.63, 3.8) is 0 Å². The molecule has 0 spiro atoms. The normalized spacial score (nSPS) is 11.1. The first-order valence-electron chi connectivity index (χ1n) is 7.36. The van der Waals surface area contributed by atoms with Crippen LogP contribution in [0.5, 0.6) is 0 Å². The van der Waals surface area contributed by atoms with Crippen molar-refractivity contribution in [3.8, 4) is 0 Å². The van der Waals surface area contributed by atoms with Crippen molar-refractivity contribution >= 4 is 16.9 Å². The van der Waals surface area contributed by atoms with Crippen molar-refractivity contribution in [2.45, 2.75) is 20.3 Å². The van der Waals surface area contributed by atoms with E-state index in [0.29, 0.717) is 17.5 Å². The molecule has 0 aliphatic heterocycles. The molecule has 22 heavy (non-hydrogen) atoms. The average molecular weight is 302 g/mol. The molecule has 0 aliphatic carbocycles. The van der Waals surface area contributed by atoms with Gasteiger partial charge in [0.1, 0.15) is 5.58 Å². The average Bonchev–Trinajstić information content (AvgIpc) is 2.45. The lowest BCUT2D eigenvalue weighted by atomic mass is 10.1. The van der Waals surface area contributed by atoms with E-state index in [1.165, 1.54) is 6.07 Å². The van der Waals surface area contributed by atoms with E-state index < -0.39 is 0 Å². The van der Waals surface area contributed by atoms with Gasteiger partial charge in [0.05, 0.1) is 5.39 Å². The van der Waals surface area contributed by atoms with Crippen molar-refractivity contribution in [2.24, 2.45) is 0 Å². The second-order valence-corrected chi connectivity index (χ2v) is 5.82. The summed E-state index contributed by atoms with van der Waals surface area (Å²) in [5.41, 5.74) is 2.32. The number of fused-ring (bicyclic) bond motifs is 1. The molecule has 1 N–H and O–H groups in total. The lowest BCUT2D eigenvalue weighted by molar-refractivity contribution is 0.0925.